The third-order valence-corrected chi connectivity index (χ3v) is 2.32. The van der Waals surface area contributed by atoms with Crippen LogP contribution in [0.1, 0.15) is 11.1 Å². The van der Waals surface area contributed by atoms with Crippen LogP contribution in [-0.4, -0.2) is 13.7 Å². The van der Waals surface area contributed by atoms with Crippen molar-refractivity contribution in [2.75, 3.05) is 13.7 Å². The monoisotopic (exact) mass is 263 g/mol. The number of alkyl halides is 3. The van der Waals surface area contributed by atoms with Gasteiger partial charge >= 0.3 is 6.18 Å². The molecular weight excluding hydrogens is 250 g/mol. The zero-order chi connectivity index (χ0) is 13.8. The average Bonchev–Trinajstić information content (AvgIpc) is 2.34. The van der Waals surface area contributed by atoms with Crippen molar-refractivity contribution >= 4 is 0 Å². The molecule has 0 aliphatic rings. The molecule has 1 aromatic carbocycles. The Morgan fingerprint density at radius 3 is 2.56 bits per heavy atom. The van der Waals surface area contributed by atoms with Gasteiger partial charge in [0.2, 0.25) is 0 Å². The highest BCUT2D eigenvalue weighted by Gasteiger charge is 2.34. The Morgan fingerprint density at radius 1 is 1.39 bits per heavy atom. The van der Waals surface area contributed by atoms with Gasteiger partial charge in [0.05, 0.1) is 12.7 Å². The minimum atomic E-state index is -4.50. The first-order chi connectivity index (χ1) is 8.38. The van der Waals surface area contributed by atoms with Gasteiger partial charge < -0.3 is 10.5 Å². The average molecular weight is 263 g/mol. The summed E-state index contributed by atoms with van der Waals surface area (Å²) in [7, 11) is 1.16. The highest BCUT2D eigenvalue weighted by Crippen LogP contribution is 2.36. The van der Waals surface area contributed by atoms with E-state index in [0.29, 0.717) is 5.56 Å². The van der Waals surface area contributed by atoms with Crippen LogP contribution in [0, 0.1) is 0 Å². The second-order valence-electron chi connectivity index (χ2n) is 3.59. The van der Waals surface area contributed by atoms with E-state index < -0.39 is 17.6 Å². The van der Waals surface area contributed by atoms with Gasteiger partial charge in [0.1, 0.15) is 11.6 Å². The van der Waals surface area contributed by atoms with Gasteiger partial charge in [0.25, 0.3) is 0 Å². The third-order valence-electron chi connectivity index (χ3n) is 2.32. The Balaban J connectivity index is 3.04. The quantitative estimate of drug-likeness (QED) is 0.847. The largest absolute Gasteiger partial charge is 0.496 e. The summed E-state index contributed by atoms with van der Waals surface area (Å²) in [6, 6.07) is 3.61. The molecule has 1 rings (SSSR count). The topological polar surface area (TPSA) is 35.2 Å². The lowest BCUT2D eigenvalue weighted by atomic mass is 10.1. The molecule has 100 valence electrons. The summed E-state index contributed by atoms with van der Waals surface area (Å²) < 4.78 is 55.5. The van der Waals surface area contributed by atoms with Crippen LogP contribution in [0.3, 0.4) is 0 Å². The number of nitrogens with two attached hydrogens (primary N) is 1. The number of rotatable bonds is 4. The van der Waals surface area contributed by atoms with Gasteiger partial charge in [-0.2, -0.15) is 13.2 Å². The fourth-order valence-corrected chi connectivity index (χ4v) is 1.42. The molecule has 0 fully saturated rings. The molecule has 0 saturated carbocycles. The van der Waals surface area contributed by atoms with Crippen LogP contribution < -0.4 is 10.5 Å². The standard InChI is InChI=1S/C12H13F4NO/c1-18-11-5-3-8(2-4-9(13)7-17)6-10(11)12(14,15)16/h3-6H,2,7,17H2,1H3/b9-4-. The molecule has 0 heterocycles. The Bertz CT molecular complexity index is 440. The lowest BCUT2D eigenvalue weighted by Crippen LogP contribution is -2.08. The number of hydrogen-bond acceptors (Lipinski definition) is 2. The van der Waals surface area contributed by atoms with Crippen molar-refractivity contribution in [3.8, 4) is 5.75 Å². The molecule has 0 radical (unpaired) electrons. The maximum absolute atomic E-state index is 12.8. The summed E-state index contributed by atoms with van der Waals surface area (Å²) in [5.41, 5.74) is 4.51. The summed E-state index contributed by atoms with van der Waals surface area (Å²) in [5.74, 6) is -0.811. The fourth-order valence-electron chi connectivity index (χ4n) is 1.42. The SMILES string of the molecule is COc1ccc(C/C=C(\F)CN)cc1C(F)(F)F. The van der Waals surface area contributed by atoms with Crippen LogP contribution in [0.25, 0.3) is 0 Å². The minimum absolute atomic E-state index is 0.0517. The maximum atomic E-state index is 12.8. The van der Waals surface area contributed by atoms with Crippen molar-refractivity contribution in [1.29, 1.82) is 0 Å². The second-order valence-corrected chi connectivity index (χ2v) is 3.59. The number of halogens is 4. The summed E-state index contributed by atoms with van der Waals surface area (Å²) >= 11 is 0. The lowest BCUT2D eigenvalue weighted by molar-refractivity contribution is -0.138. The van der Waals surface area contributed by atoms with Gasteiger partial charge in [-0.25, -0.2) is 4.39 Å². The third kappa shape index (κ3) is 3.73. The number of allylic oxidation sites excluding steroid dienone is 1. The first-order valence-electron chi connectivity index (χ1n) is 5.17. The summed E-state index contributed by atoms with van der Waals surface area (Å²) in [6.07, 6.45) is -3.30. The first kappa shape index (κ1) is 14.5. The first-order valence-corrected chi connectivity index (χ1v) is 5.17. The molecule has 0 atom stereocenters. The van der Waals surface area contributed by atoms with Gasteiger partial charge in [0, 0.05) is 6.54 Å². The molecule has 2 N–H and O–H groups in total. The second kappa shape index (κ2) is 5.86. The van der Waals surface area contributed by atoms with E-state index >= 15 is 0 Å². The lowest BCUT2D eigenvalue weighted by Gasteiger charge is -2.12. The van der Waals surface area contributed by atoms with E-state index in [9.17, 15) is 17.6 Å². The molecule has 0 aromatic heterocycles. The van der Waals surface area contributed by atoms with Gasteiger partial charge in [0.15, 0.2) is 0 Å². The number of hydrogen-bond donors (Lipinski definition) is 1. The molecule has 0 unspecified atom stereocenters. The van der Waals surface area contributed by atoms with E-state index in [-0.39, 0.29) is 18.7 Å². The number of methoxy groups -OCH3 is 1. The molecule has 6 heteroatoms. The van der Waals surface area contributed by atoms with Crippen molar-refractivity contribution in [3.05, 3.63) is 41.2 Å². The molecule has 1 aromatic rings. The van der Waals surface area contributed by atoms with Crippen LogP contribution in [0.4, 0.5) is 17.6 Å². The van der Waals surface area contributed by atoms with Crippen LogP contribution in [0.15, 0.2) is 30.1 Å². The van der Waals surface area contributed by atoms with Crippen LogP contribution >= 0.6 is 0 Å². The molecule has 0 amide bonds. The Labute approximate surface area is 102 Å². The van der Waals surface area contributed by atoms with Crippen LogP contribution in [0.2, 0.25) is 0 Å². The van der Waals surface area contributed by atoms with Gasteiger partial charge in [-0.15, -0.1) is 0 Å². The summed E-state index contributed by atoms with van der Waals surface area (Å²) in [4.78, 5) is 0. The van der Waals surface area contributed by atoms with Crippen molar-refractivity contribution in [2.45, 2.75) is 12.6 Å². The number of benzene rings is 1. The van der Waals surface area contributed by atoms with Gasteiger partial charge in [-0.1, -0.05) is 6.07 Å². The van der Waals surface area contributed by atoms with Crippen LogP contribution in [-0.2, 0) is 12.6 Å². The maximum Gasteiger partial charge on any atom is 0.419 e. The van der Waals surface area contributed by atoms with Crippen LogP contribution in [0.5, 0.6) is 5.75 Å². The minimum Gasteiger partial charge on any atom is -0.496 e. The van der Waals surface area contributed by atoms with Gasteiger partial charge in [-0.3, -0.25) is 0 Å². The molecule has 18 heavy (non-hydrogen) atoms. The zero-order valence-corrected chi connectivity index (χ0v) is 9.72. The van der Waals surface area contributed by atoms with Crippen molar-refractivity contribution in [1.82, 2.24) is 0 Å². The molecule has 0 bridgehead atoms. The van der Waals surface area contributed by atoms with E-state index in [4.69, 9.17) is 5.73 Å². The van der Waals surface area contributed by atoms with E-state index in [0.717, 1.165) is 19.3 Å². The van der Waals surface area contributed by atoms with E-state index in [2.05, 4.69) is 4.74 Å². The normalized spacial score (nSPS) is 12.7. The Morgan fingerprint density at radius 2 is 2.06 bits per heavy atom. The molecule has 0 aliphatic carbocycles. The molecule has 2 nitrogen and oxygen atoms in total. The highest BCUT2D eigenvalue weighted by molar-refractivity contribution is 5.40. The Kier molecular flexibility index (Phi) is 4.72. The molecule has 0 saturated heterocycles. The molecule has 0 spiro atoms. The van der Waals surface area contributed by atoms with E-state index in [1.54, 1.807) is 0 Å². The predicted molar refractivity (Wildman–Crippen MR) is 59.9 cm³/mol. The highest BCUT2D eigenvalue weighted by atomic mass is 19.4. The van der Waals surface area contributed by atoms with Crippen molar-refractivity contribution < 1.29 is 22.3 Å². The molecule has 0 aliphatic heterocycles. The number of ether oxygens (including phenoxy) is 1. The summed E-state index contributed by atoms with van der Waals surface area (Å²) in [5, 5.41) is 0. The van der Waals surface area contributed by atoms with E-state index in [1.807, 2.05) is 0 Å². The van der Waals surface area contributed by atoms with Crippen molar-refractivity contribution in [2.24, 2.45) is 5.73 Å². The van der Waals surface area contributed by atoms with E-state index in [1.165, 1.54) is 12.1 Å². The van der Waals surface area contributed by atoms with Gasteiger partial charge in [-0.05, 0) is 30.2 Å². The molecular formula is C12H13F4NO. The zero-order valence-electron chi connectivity index (χ0n) is 9.72. The van der Waals surface area contributed by atoms with Crippen molar-refractivity contribution in [3.63, 3.8) is 0 Å². The summed E-state index contributed by atoms with van der Waals surface area (Å²) in [6.45, 7) is -0.262. The Hall–Kier alpha value is -1.56. The smallest absolute Gasteiger partial charge is 0.419 e. The predicted octanol–water partition coefficient (Wildman–Crippen LogP) is 3.07. The fraction of sp³-hybridized carbons (Fsp3) is 0.333.